The summed E-state index contributed by atoms with van der Waals surface area (Å²) in [4.78, 5) is 2.16. The molecule has 0 saturated carbocycles. The molecule has 0 aliphatic rings. The van der Waals surface area contributed by atoms with E-state index in [4.69, 9.17) is 0 Å². The Morgan fingerprint density at radius 2 is 1.27 bits per heavy atom. The highest BCUT2D eigenvalue weighted by Crippen LogP contribution is 2.18. The van der Waals surface area contributed by atoms with Crippen LogP contribution in [0.2, 0.25) is 0 Å². The minimum absolute atomic E-state index is 0.982. The van der Waals surface area contributed by atoms with E-state index in [1.807, 2.05) is 33.8 Å². The largest absolute Gasteiger partial charge is 0.349 e. The van der Waals surface area contributed by atoms with E-state index in [1.54, 1.807) is 0 Å². The highest BCUT2D eigenvalue weighted by atomic mass is 15.1. The minimum atomic E-state index is 0.982. The van der Waals surface area contributed by atoms with Gasteiger partial charge in [-0.2, -0.15) is 0 Å². The van der Waals surface area contributed by atoms with Crippen molar-refractivity contribution in [3.63, 3.8) is 0 Å². The second kappa shape index (κ2) is 12.7. The van der Waals surface area contributed by atoms with Gasteiger partial charge in [-0.05, 0) is 30.5 Å². The van der Waals surface area contributed by atoms with Crippen molar-refractivity contribution >= 4 is 5.69 Å². The molecule has 0 atom stereocenters. The molecule has 0 unspecified atom stereocenters. The number of hydrogen-bond donors (Lipinski definition) is 0. The van der Waals surface area contributed by atoms with Crippen molar-refractivity contribution in [2.75, 3.05) is 11.9 Å². The third kappa shape index (κ3) is 7.12. The highest BCUT2D eigenvalue weighted by Gasteiger charge is 2.04. The van der Waals surface area contributed by atoms with Gasteiger partial charge in [-0.15, -0.1) is 0 Å². The topological polar surface area (TPSA) is 3.24 Å². The molecule has 0 saturated heterocycles. The fraction of sp³-hybridized carbons (Fsp3) is 0.333. The minimum Gasteiger partial charge on any atom is -0.349 e. The Kier molecular flexibility index (Phi) is 11.5. The van der Waals surface area contributed by atoms with Gasteiger partial charge in [-0.1, -0.05) is 82.8 Å². The van der Waals surface area contributed by atoms with Gasteiger partial charge in [0.2, 0.25) is 0 Å². The van der Waals surface area contributed by atoms with Crippen LogP contribution in [0.15, 0.2) is 72.9 Å². The van der Waals surface area contributed by atoms with E-state index in [-0.39, 0.29) is 0 Å². The molecule has 0 amide bonds. The van der Waals surface area contributed by atoms with E-state index >= 15 is 0 Å². The maximum absolute atomic E-state index is 4.17. The average molecular weight is 297 g/mol. The molecular weight excluding hydrogens is 266 g/mol. The zero-order chi connectivity index (χ0) is 16.8. The Labute approximate surface area is 137 Å². The molecule has 2 aromatic carbocycles. The first-order chi connectivity index (χ1) is 10.8. The Bertz CT molecular complexity index is 488. The van der Waals surface area contributed by atoms with Gasteiger partial charge < -0.3 is 4.90 Å². The Hall–Kier alpha value is -2.02. The van der Waals surface area contributed by atoms with Crippen LogP contribution in [-0.4, -0.2) is 7.05 Å². The standard InChI is InChI=1S/C17H19N.2C2H6/c1-15(13-14-16-9-5-3-6-10-16)18(2)17-11-7-4-8-12-17;2*1-2/h3-12H,1,13-14H2,2H3;2*1-2H3. The molecule has 22 heavy (non-hydrogen) atoms. The molecule has 120 valence electrons. The summed E-state index contributed by atoms with van der Waals surface area (Å²) in [5.74, 6) is 0. The molecule has 2 rings (SSSR count). The second-order valence-corrected chi connectivity index (χ2v) is 4.45. The van der Waals surface area contributed by atoms with Gasteiger partial charge in [0.15, 0.2) is 0 Å². The van der Waals surface area contributed by atoms with E-state index in [2.05, 4.69) is 73.1 Å². The van der Waals surface area contributed by atoms with Crippen molar-refractivity contribution in [3.05, 3.63) is 78.5 Å². The number of hydrogen-bond acceptors (Lipinski definition) is 1. The predicted molar refractivity (Wildman–Crippen MR) is 101 cm³/mol. The van der Waals surface area contributed by atoms with E-state index in [1.165, 1.54) is 11.3 Å². The molecule has 0 spiro atoms. The van der Waals surface area contributed by atoms with Crippen molar-refractivity contribution < 1.29 is 0 Å². The molecule has 0 N–H and O–H groups in total. The summed E-state index contributed by atoms with van der Waals surface area (Å²) in [5.41, 5.74) is 3.70. The summed E-state index contributed by atoms with van der Waals surface area (Å²) in [6, 6.07) is 20.9. The molecule has 1 nitrogen and oxygen atoms in total. The van der Waals surface area contributed by atoms with E-state index in [0.29, 0.717) is 0 Å². The van der Waals surface area contributed by atoms with Gasteiger partial charge >= 0.3 is 0 Å². The van der Waals surface area contributed by atoms with Crippen LogP contribution in [0.5, 0.6) is 0 Å². The Morgan fingerprint density at radius 3 is 1.77 bits per heavy atom. The molecule has 0 heterocycles. The number of aryl methyl sites for hydroxylation is 1. The van der Waals surface area contributed by atoms with Crippen molar-refractivity contribution in [3.8, 4) is 0 Å². The van der Waals surface area contributed by atoms with Crippen LogP contribution in [0, 0.1) is 0 Å². The lowest BCUT2D eigenvalue weighted by Crippen LogP contribution is -2.15. The van der Waals surface area contributed by atoms with Gasteiger partial charge in [-0.3, -0.25) is 0 Å². The maximum atomic E-state index is 4.17. The van der Waals surface area contributed by atoms with Gasteiger partial charge in [-0.25, -0.2) is 0 Å². The number of para-hydroxylation sites is 1. The van der Waals surface area contributed by atoms with Crippen molar-refractivity contribution in [1.29, 1.82) is 0 Å². The van der Waals surface area contributed by atoms with Crippen LogP contribution >= 0.6 is 0 Å². The van der Waals surface area contributed by atoms with Crippen LogP contribution in [0.4, 0.5) is 5.69 Å². The van der Waals surface area contributed by atoms with E-state index < -0.39 is 0 Å². The summed E-state index contributed by atoms with van der Waals surface area (Å²) in [7, 11) is 2.07. The third-order valence-electron chi connectivity index (χ3n) is 3.16. The number of anilines is 1. The zero-order valence-corrected chi connectivity index (χ0v) is 14.8. The van der Waals surface area contributed by atoms with Crippen molar-refractivity contribution in [2.45, 2.75) is 40.5 Å². The van der Waals surface area contributed by atoms with E-state index in [0.717, 1.165) is 18.5 Å². The zero-order valence-electron chi connectivity index (χ0n) is 14.8. The van der Waals surface area contributed by atoms with Gasteiger partial charge in [0, 0.05) is 18.4 Å². The van der Waals surface area contributed by atoms with Crippen LogP contribution in [-0.2, 0) is 6.42 Å². The first kappa shape index (κ1) is 20.0. The molecule has 0 fully saturated rings. The molecule has 0 radical (unpaired) electrons. The summed E-state index contributed by atoms with van der Waals surface area (Å²) in [6.45, 7) is 12.2. The molecule has 0 aromatic heterocycles. The average Bonchev–Trinajstić information content (AvgIpc) is 2.64. The second-order valence-electron chi connectivity index (χ2n) is 4.45. The molecule has 0 bridgehead atoms. The summed E-state index contributed by atoms with van der Waals surface area (Å²) < 4.78 is 0. The van der Waals surface area contributed by atoms with Crippen LogP contribution in [0.1, 0.15) is 39.7 Å². The van der Waals surface area contributed by atoms with E-state index in [9.17, 15) is 0 Å². The summed E-state index contributed by atoms with van der Waals surface area (Å²) in [6.07, 6.45) is 2.02. The van der Waals surface area contributed by atoms with Crippen LogP contribution in [0.25, 0.3) is 0 Å². The van der Waals surface area contributed by atoms with Gasteiger partial charge in [0.25, 0.3) is 0 Å². The fourth-order valence-electron chi connectivity index (χ4n) is 1.94. The van der Waals surface area contributed by atoms with Crippen LogP contribution < -0.4 is 4.90 Å². The Balaban J connectivity index is 0.00000102. The molecular formula is C21H31N. The SMILES string of the molecule is C=C(CCc1ccccc1)N(C)c1ccccc1.CC.CC. The highest BCUT2D eigenvalue weighted by molar-refractivity contribution is 5.50. The third-order valence-corrected chi connectivity index (χ3v) is 3.16. The van der Waals surface area contributed by atoms with Gasteiger partial charge in [0.05, 0.1) is 0 Å². The monoisotopic (exact) mass is 297 g/mol. The molecule has 0 aliphatic heterocycles. The quantitative estimate of drug-likeness (QED) is 0.624. The molecule has 2 aromatic rings. The van der Waals surface area contributed by atoms with Crippen molar-refractivity contribution in [1.82, 2.24) is 0 Å². The summed E-state index contributed by atoms with van der Waals surface area (Å²) >= 11 is 0. The lowest BCUT2D eigenvalue weighted by Gasteiger charge is -2.21. The normalized spacial score (nSPS) is 8.77. The smallest absolute Gasteiger partial charge is 0.0405 e. The number of nitrogens with zero attached hydrogens (tertiary/aromatic N) is 1. The van der Waals surface area contributed by atoms with Crippen molar-refractivity contribution in [2.24, 2.45) is 0 Å². The summed E-state index contributed by atoms with van der Waals surface area (Å²) in [5, 5.41) is 0. The lowest BCUT2D eigenvalue weighted by molar-refractivity contribution is 0.891. The number of allylic oxidation sites excluding steroid dienone is 1. The van der Waals surface area contributed by atoms with Gasteiger partial charge in [0.1, 0.15) is 0 Å². The Morgan fingerprint density at radius 1 is 0.818 bits per heavy atom. The number of benzene rings is 2. The van der Waals surface area contributed by atoms with Crippen LogP contribution in [0.3, 0.4) is 0 Å². The maximum Gasteiger partial charge on any atom is 0.0405 e. The predicted octanol–water partition coefficient (Wildman–Crippen LogP) is 6.32. The lowest BCUT2D eigenvalue weighted by atomic mass is 10.1. The first-order valence-corrected chi connectivity index (χ1v) is 8.28. The first-order valence-electron chi connectivity index (χ1n) is 8.28. The molecule has 1 heteroatoms. The number of rotatable bonds is 5. The fourth-order valence-corrected chi connectivity index (χ4v) is 1.94. The molecule has 0 aliphatic carbocycles.